The zero-order chi connectivity index (χ0) is 13.3. The molecule has 2 aliphatic heterocycles. The lowest BCUT2D eigenvalue weighted by Gasteiger charge is -2.34. The molecule has 1 spiro atoms. The first-order chi connectivity index (χ1) is 9.17. The van der Waals surface area contributed by atoms with Crippen molar-refractivity contribution in [2.45, 2.75) is 32.7 Å². The van der Waals surface area contributed by atoms with E-state index in [0.29, 0.717) is 11.2 Å². The van der Waals surface area contributed by atoms with E-state index in [0.717, 1.165) is 17.7 Å². The highest BCUT2D eigenvalue weighted by molar-refractivity contribution is 5.35. The predicted molar refractivity (Wildman–Crippen MR) is 77.3 cm³/mol. The summed E-state index contributed by atoms with van der Waals surface area (Å²) < 4.78 is 0. The Morgan fingerprint density at radius 1 is 1.26 bits per heavy atom. The fourth-order valence-corrected chi connectivity index (χ4v) is 3.58. The van der Waals surface area contributed by atoms with Crippen molar-refractivity contribution >= 4 is 0 Å². The van der Waals surface area contributed by atoms with Gasteiger partial charge in [-0.15, -0.1) is 0 Å². The Bertz CT molecular complexity index is 452. The van der Waals surface area contributed by atoms with Gasteiger partial charge < -0.3 is 10.4 Å². The molecule has 2 saturated heterocycles. The molecule has 0 amide bonds. The lowest BCUT2D eigenvalue weighted by atomic mass is 9.78. The van der Waals surface area contributed by atoms with Crippen LogP contribution in [0.3, 0.4) is 0 Å². The number of phenols is 1. The number of hydrogen-bond acceptors (Lipinski definition) is 3. The molecule has 1 aromatic rings. The van der Waals surface area contributed by atoms with Gasteiger partial charge in [0.1, 0.15) is 5.75 Å². The Kier molecular flexibility index (Phi) is 3.50. The van der Waals surface area contributed by atoms with Crippen molar-refractivity contribution < 1.29 is 5.11 Å². The Labute approximate surface area is 115 Å². The SMILES string of the molecule is Cc1ccc(CN2CCC3(CCNCC3)C2)c(O)c1. The topological polar surface area (TPSA) is 35.5 Å². The third-order valence-corrected chi connectivity index (χ3v) is 4.82. The molecule has 0 radical (unpaired) electrons. The number of nitrogens with one attached hydrogen (secondary N) is 1. The number of hydrogen-bond donors (Lipinski definition) is 2. The zero-order valence-corrected chi connectivity index (χ0v) is 11.8. The average Bonchev–Trinajstić information content (AvgIpc) is 2.77. The molecule has 0 aromatic heterocycles. The molecule has 0 atom stereocenters. The van der Waals surface area contributed by atoms with Gasteiger partial charge in [-0.2, -0.15) is 0 Å². The summed E-state index contributed by atoms with van der Waals surface area (Å²) in [6, 6.07) is 6.02. The van der Waals surface area contributed by atoms with E-state index in [1.165, 1.54) is 45.4 Å². The molecule has 0 aliphatic carbocycles. The fraction of sp³-hybridized carbons (Fsp3) is 0.625. The summed E-state index contributed by atoms with van der Waals surface area (Å²) in [5.74, 6) is 0.450. The number of nitrogens with zero attached hydrogens (tertiary/aromatic N) is 1. The highest BCUT2D eigenvalue weighted by Gasteiger charge is 2.38. The summed E-state index contributed by atoms with van der Waals surface area (Å²) in [7, 11) is 0. The first-order valence-electron chi connectivity index (χ1n) is 7.39. The number of piperidine rings is 1. The summed E-state index contributed by atoms with van der Waals surface area (Å²) in [6.45, 7) is 7.62. The van der Waals surface area contributed by atoms with E-state index in [2.05, 4.69) is 22.3 Å². The van der Waals surface area contributed by atoms with Crippen LogP contribution in [-0.4, -0.2) is 36.2 Å². The van der Waals surface area contributed by atoms with Gasteiger partial charge in [0.2, 0.25) is 0 Å². The molecular formula is C16H24N2O. The van der Waals surface area contributed by atoms with Crippen LogP contribution in [-0.2, 0) is 6.54 Å². The third-order valence-electron chi connectivity index (χ3n) is 4.82. The zero-order valence-electron chi connectivity index (χ0n) is 11.8. The minimum atomic E-state index is 0.450. The van der Waals surface area contributed by atoms with Crippen molar-refractivity contribution in [2.75, 3.05) is 26.2 Å². The molecule has 0 saturated carbocycles. The number of phenolic OH excluding ortho intramolecular Hbond substituents is 1. The van der Waals surface area contributed by atoms with E-state index in [1.54, 1.807) is 0 Å². The van der Waals surface area contributed by atoms with Gasteiger partial charge in [0, 0.05) is 18.7 Å². The van der Waals surface area contributed by atoms with E-state index >= 15 is 0 Å². The first kappa shape index (κ1) is 12.9. The van der Waals surface area contributed by atoms with Crippen molar-refractivity contribution in [1.82, 2.24) is 10.2 Å². The van der Waals surface area contributed by atoms with Gasteiger partial charge >= 0.3 is 0 Å². The minimum absolute atomic E-state index is 0.450. The molecule has 0 bridgehead atoms. The van der Waals surface area contributed by atoms with Crippen LogP contribution in [0.5, 0.6) is 5.75 Å². The maximum absolute atomic E-state index is 10.0. The van der Waals surface area contributed by atoms with E-state index in [9.17, 15) is 5.11 Å². The van der Waals surface area contributed by atoms with E-state index in [1.807, 2.05) is 13.0 Å². The van der Waals surface area contributed by atoms with Gasteiger partial charge in [-0.25, -0.2) is 0 Å². The largest absolute Gasteiger partial charge is 0.508 e. The molecule has 19 heavy (non-hydrogen) atoms. The molecule has 3 heteroatoms. The smallest absolute Gasteiger partial charge is 0.120 e. The van der Waals surface area contributed by atoms with Crippen molar-refractivity contribution in [3.63, 3.8) is 0 Å². The van der Waals surface area contributed by atoms with Gasteiger partial charge in [0.15, 0.2) is 0 Å². The molecule has 2 heterocycles. The second-order valence-corrected chi connectivity index (χ2v) is 6.34. The second-order valence-electron chi connectivity index (χ2n) is 6.34. The Balaban J connectivity index is 1.65. The van der Waals surface area contributed by atoms with E-state index in [4.69, 9.17) is 0 Å². The molecule has 0 unspecified atom stereocenters. The average molecular weight is 260 g/mol. The number of rotatable bonds is 2. The van der Waals surface area contributed by atoms with Crippen LogP contribution in [0.4, 0.5) is 0 Å². The van der Waals surface area contributed by atoms with Crippen LogP contribution < -0.4 is 5.32 Å². The summed E-state index contributed by atoms with van der Waals surface area (Å²) in [6.07, 6.45) is 3.94. The maximum Gasteiger partial charge on any atom is 0.120 e. The number of aryl methyl sites for hydroxylation is 1. The Morgan fingerprint density at radius 3 is 2.79 bits per heavy atom. The maximum atomic E-state index is 10.0. The van der Waals surface area contributed by atoms with Crippen molar-refractivity contribution in [2.24, 2.45) is 5.41 Å². The van der Waals surface area contributed by atoms with Crippen LogP contribution in [0.25, 0.3) is 0 Å². The van der Waals surface area contributed by atoms with Crippen molar-refractivity contribution in [1.29, 1.82) is 0 Å². The third kappa shape index (κ3) is 2.77. The summed E-state index contributed by atoms with van der Waals surface area (Å²) in [5.41, 5.74) is 2.74. The highest BCUT2D eigenvalue weighted by atomic mass is 16.3. The molecule has 2 aliphatic rings. The first-order valence-corrected chi connectivity index (χ1v) is 7.39. The summed E-state index contributed by atoms with van der Waals surface area (Å²) in [4.78, 5) is 2.51. The Hall–Kier alpha value is -1.06. The van der Waals surface area contributed by atoms with Gasteiger partial charge in [-0.1, -0.05) is 12.1 Å². The monoisotopic (exact) mass is 260 g/mol. The highest BCUT2D eigenvalue weighted by Crippen LogP contribution is 2.39. The van der Waals surface area contributed by atoms with Crippen LogP contribution >= 0.6 is 0 Å². The van der Waals surface area contributed by atoms with Crippen LogP contribution in [0.1, 0.15) is 30.4 Å². The normalized spacial score (nSPS) is 23.0. The van der Waals surface area contributed by atoms with E-state index < -0.39 is 0 Å². The summed E-state index contributed by atoms with van der Waals surface area (Å²) in [5, 5.41) is 13.5. The minimum Gasteiger partial charge on any atom is -0.508 e. The summed E-state index contributed by atoms with van der Waals surface area (Å²) >= 11 is 0. The fourth-order valence-electron chi connectivity index (χ4n) is 3.58. The second kappa shape index (κ2) is 5.14. The quantitative estimate of drug-likeness (QED) is 0.856. The Morgan fingerprint density at radius 2 is 2.05 bits per heavy atom. The van der Waals surface area contributed by atoms with Crippen molar-refractivity contribution in [3.8, 4) is 5.75 Å². The molecule has 2 N–H and O–H groups in total. The van der Waals surface area contributed by atoms with Gasteiger partial charge in [-0.3, -0.25) is 4.90 Å². The lowest BCUT2D eigenvalue weighted by molar-refractivity contribution is 0.193. The van der Waals surface area contributed by atoms with Gasteiger partial charge in [0.25, 0.3) is 0 Å². The molecule has 3 nitrogen and oxygen atoms in total. The number of benzene rings is 1. The van der Waals surface area contributed by atoms with Crippen LogP contribution in [0, 0.1) is 12.3 Å². The standard InChI is InChI=1S/C16H24N2O/c1-13-2-3-14(15(19)10-13)11-18-9-6-16(12-18)4-7-17-8-5-16/h2-3,10,17,19H,4-9,11-12H2,1H3. The predicted octanol–water partition coefficient (Wildman–Crippen LogP) is 2.28. The van der Waals surface area contributed by atoms with Gasteiger partial charge in [-0.05, 0) is 62.9 Å². The van der Waals surface area contributed by atoms with Crippen LogP contribution in [0.15, 0.2) is 18.2 Å². The van der Waals surface area contributed by atoms with Crippen molar-refractivity contribution in [3.05, 3.63) is 29.3 Å². The number of aromatic hydroxyl groups is 1. The molecule has 2 fully saturated rings. The number of likely N-dealkylation sites (tertiary alicyclic amines) is 1. The van der Waals surface area contributed by atoms with Gasteiger partial charge in [0.05, 0.1) is 0 Å². The van der Waals surface area contributed by atoms with E-state index in [-0.39, 0.29) is 0 Å². The molecule has 3 rings (SSSR count). The molecule has 1 aromatic carbocycles. The molecular weight excluding hydrogens is 236 g/mol. The molecule has 104 valence electrons. The van der Waals surface area contributed by atoms with Crippen LogP contribution in [0.2, 0.25) is 0 Å². The lowest BCUT2D eigenvalue weighted by Crippen LogP contribution is -2.38.